The van der Waals surface area contributed by atoms with Gasteiger partial charge in [0.25, 0.3) is 0 Å². The van der Waals surface area contributed by atoms with Gasteiger partial charge in [-0.3, -0.25) is 0 Å². The molecule has 1 aliphatic heterocycles. The van der Waals surface area contributed by atoms with Gasteiger partial charge in [0.05, 0.1) is 6.61 Å². The van der Waals surface area contributed by atoms with E-state index >= 15 is 0 Å². The molecule has 0 amide bonds. The maximum atomic E-state index is 5.62. The molecule has 1 saturated heterocycles. The minimum atomic E-state index is 0.392. The fourth-order valence-corrected chi connectivity index (χ4v) is 3.29. The fourth-order valence-electron chi connectivity index (χ4n) is 3.29. The van der Waals surface area contributed by atoms with Crippen LogP contribution in [0.5, 0.6) is 0 Å². The number of nitrogens with zero attached hydrogens (tertiary/aromatic N) is 1. The molecule has 2 rings (SSSR count). The number of nitrogens with one attached hydrogen (secondary N) is 1. The Morgan fingerprint density at radius 3 is 2.57 bits per heavy atom. The van der Waals surface area contributed by atoms with Gasteiger partial charge in [-0.15, -0.1) is 0 Å². The lowest BCUT2D eigenvalue weighted by atomic mass is 9.79. The van der Waals surface area contributed by atoms with Crippen molar-refractivity contribution in [2.75, 3.05) is 53.1 Å². The van der Waals surface area contributed by atoms with Crippen LogP contribution in [0.3, 0.4) is 0 Å². The van der Waals surface area contributed by atoms with Crippen LogP contribution in [0, 0.1) is 11.3 Å². The zero-order chi connectivity index (χ0) is 15.1. The number of hydrogen-bond acceptors (Lipinski definition) is 4. The van der Waals surface area contributed by atoms with E-state index < -0.39 is 0 Å². The SMILES string of the molecule is COCCN(CC(C)C)CC1(CNC2CC2)CCOCC1. The van der Waals surface area contributed by atoms with Crippen molar-refractivity contribution >= 4 is 0 Å². The molecule has 21 heavy (non-hydrogen) atoms. The monoisotopic (exact) mass is 298 g/mol. The molecule has 4 nitrogen and oxygen atoms in total. The number of rotatable bonds is 10. The molecular weight excluding hydrogens is 264 g/mol. The van der Waals surface area contributed by atoms with Gasteiger partial charge in [0.1, 0.15) is 0 Å². The van der Waals surface area contributed by atoms with Crippen molar-refractivity contribution in [2.24, 2.45) is 11.3 Å². The molecule has 1 N–H and O–H groups in total. The van der Waals surface area contributed by atoms with E-state index in [0.717, 1.165) is 45.5 Å². The summed E-state index contributed by atoms with van der Waals surface area (Å²) in [6, 6.07) is 0.794. The van der Waals surface area contributed by atoms with E-state index in [4.69, 9.17) is 9.47 Å². The number of methoxy groups -OCH3 is 1. The quantitative estimate of drug-likeness (QED) is 0.670. The first kappa shape index (κ1) is 17.2. The first-order valence-electron chi connectivity index (χ1n) is 8.66. The van der Waals surface area contributed by atoms with Crippen molar-refractivity contribution in [3.05, 3.63) is 0 Å². The first-order chi connectivity index (χ1) is 10.1. The Bertz CT molecular complexity index is 287. The van der Waals surface area contributed by atoms with Crippen molar-refractivity contribution in [2.45, 2.75) is 45.6 Å². The average Bonchev–Trinajstić information content (AvgIpc) is 3.27. The summed E-state index contributed by atoms with van der Waals surface area (Å²) in [6.07, 6.45) is 5.11. The highest BCUT2D eigenvalue weighted by molar-refractivity contribution is 4.91. The average molecular weight is 298 g/mol. The number of hydrogen-bond donors (Lipinski definition) is 1. The van der Waals surface area contributed by atoms with E-state index in [0.29, 0.717) is 11.3 Å². The fraction of sp³-hybridized carbons (Fsp3) is 1.00. The predicted molar refractivity (Wildman–Crippen MR) is 86.7 cm³/mol. The van der Waals surface area contributed by atoms with Crippen molar-refractivity contribution in [1.29, 1.82) is 0 Å². The van der Waals surface area contributed by atoms with Gasteiger partial charge in [0, 0.05) is 52.5 Å². The predicted octanol–water partition coefficient (Wildman–Crippen LogP) is 2.14. The molecule has 0 spiro atoms. The molecule has 1 heterocycles. The van der Waals surface area contributed by atoms with Crippen LogP contribution in [0.25, 0.3) is 0 Å². The Kier molecular flexibility index (Phi) is 6.93. The van der Waals surface area contributed by atoms with Gasteiger partial charge in [-0.1, -0.05) is 13.8 Å². The van der Waals surface area contributed by atoms with Crippen molar-refractivity contribution in [1.82, 2.24) is 10.2 Å². The van der Waals surface area contributed by atoms with E-state index in [1.54, 1.807) is 7.11 Å². The minimum Gasteiger partial charge on any atom is -0.383 e. The summed E-state index contributed by atoms with van der Waals surface area (Å²) in [6.45, 7) is 11.8. The third kappa shape index (κ3) is 6.23. The molecule has 0 radical (unpaired) electrons. The highest BCUT2D eigenvalue weighted by Crippen LogP contribution is 2.32. The zero-order valence-corrected chi connectivity index (χ0v) is 14.2. The number of ether oxygens (including phenoxy) is 2. The molecule has 0 bridgehead atoms. The zero-order valence-electron chi connectivity index (χ0n) is 14.2. The third-order valence-electron chi connectivity index (χ3n) is 4.69. The standard InChI is InChI=1S/C17H34N2O2/c1-15(2)12-19(8-11-20-3)14-17(6-9-21-10-7-17)13-18-16-4-5-16/h15-16,18H,4-14H2,1-3H3. The summed E-state index contributed by atoms with van der Waals surface area (Å²) in [4.78, 5) is 2.61. The smallest absolute Gasteiger partial charge is 0.0589 e. The van der Waals surface area contributed by atoms with Gasteiger partial charge in [-0.05, 0) is 37.0 Å². The molecule has 1 aliphatic carbocycles. The third-order valence-corrected chi connectivity index (χ3v) is 4.69. The van der Waals surface area contributed by atoms with E-state index in [1.807, 2.05) is 0 Å². The Labute approximate surface area is 130 Å². The molecule has 124 valence electrons. The van der Waals surface area contributed by atoms with E-state index in [2.05, 4.69) is 24.1 Å². The lowest BCUT2D eigenvalue weighted by Gasteiger charge is -2.42. The van der Waals surface area contributed by atoms with Crippen LogP contribution < -0.4 is 5.32 Å². The summed E-state index contributed by atoms with van der Waals surface area (Å²) < 4.78 is 10.9. The summed E-state index contributed by atoms with van der Waals surface area (Å²) in [7, 11) is 1.80. The van der Waals surface area contributed by atoms with Gasteiger partial charge in [0.2, 0.25) is 0 Å². The molecule has 0 unspecified atom stereocenters. The topological polar surface area (TPSA) is 33.7 Å². The van der Waals surface area contributed by atoms with Crippen LogP contribution >= 0.6 is 0 Å². The normalized spacial score (nSPS) is 22.1. The van der Waals surface area contributed by atoms with Gasteiger partial charge in [0.15, 0.2) is 0 Å². The van der Waals surface area contributed by atoms with Crippen LogP contribution in [0.15, 0.2) is 0 Å². The molecule has 0 aromatic rings. The first-order valence-corrected chi connectivity index (χ1v) is 8.66. The van der Waals surface area contributed by atoms with E-state index in [-0.39, 0.29) is 0 Å². The highest BCUT2D eigenvalue weighted by atomic mass is 16.5. The second-order valence-corrected chi connectivity index (χ2v) is 7.39. The van der Waals surface area contributed by atoms with Gasteiger partial charge in [-0.2, -0.15) is 0 Å². The largest absolute Gasteiger partial charge is 0.383 e. The maximum Gasteiger partial charge on any atom is 0.0589 e. The molecule has 1 saturated carbocycles. The second kappa shape index (κ2) is 8.47. The summed E-state index contributed by atoms with van der Waals surface area (Å²) in [5, 5.41) is 3.77. The lowest BCUT2D eigenvalue weighted by Crippen LogP contribution is -2.49. The van der Waals surface area contributed by atoms with E-state index in [1.165, 1.54) is 32.2 Å². The Morgan fingerprint density at radius 1 is 1.29 bits per heavy atom. The molecule has 4 heteroatoms. The summed E-state index contributed by atoms with van der Waals surface area (Å²) >= 11 is 0. The molecule has 0 aromatic carbocycles. The van der Waals surface area contributed by atoms with Crippen molar-refractivity contribution in [3.63, 3.8) is 0 Å². The Balaban J connectivity index is 1.91. The van der Waals surface area contributed by atoms with Crippen LogP contribution in [0.2, 0.25) is 0 Å². The summed E-state index contributed by atoms with van der Waals surface area (Å²) in [5.41, 5.74) is 0.392. The van der Waals surface area contributed by atoms with Gasteiger partial charge in [-0.25, -0.2) is 0 Å². The maximum absolute atomic E-state index is 5.62. The molecule has 2 fully saturated rings. The van der Waals surface area contributed by atoms with Gasteiger partial charge >= 0.3 is 0 Å². The molecule has 2 aliphatic rings. The van der Waals surface area contributed by atoms with Crippen molar-refractivity contribution in [3.8, 4) is 0 Å². The van der Waals surface area contributed by atoms with Crippen molar-refractivity contribution < 1.29 is 9.47 Å². The molecule has 0 atom stereocenters. The van der Waals surface area contributed by atoms with Crippen LogP contribution in [0.4, 0.5) is 0 Å². The van der Waals surface area contributed by atoms with E-state index in [9.17, 15) is 0 Å². The van der Waals surface area contributed by atoms with Crippen LogP contribution in [-0.4, -0.2) is 64.1 Å². The Hall–Kier alpha value is -0.160. The van der Waals surface area contributed by atoms with Crippen LogP contribution in [0.1, 0.15) is 39.5 Å². The molecular formula is C17H34N2O2. The second-order valence-electron chi connectivity index (χ2n) is 7.39. The molecule has 0 aromatic heterocycles. The summed E-state index contributed by atoms with van der Waals surface area (Å²) in [5.74, 6) is 0.704. The highest BCUT2D eigenvalue weighted by Gasteiger charge is 2.36. The minimum absolute atomic E-state index is 0.392. The van der Waals surface area contributed by atoms with Crippen LogP contribution in [-0.2, 0) is 9.47 Å². The van der Waals surface area contributed by atoms with Gasteiger partial charge < -0.3 is 19.7 Å². The Morgan fingerprint density at radius 2 is 2.00 bits per heavy atom. The lowest BCUT2D eigenvalue weighted by molar-refractivity contribution is -0.00965.